The minimum atomic E-state index is -0.686. The minimum Gasteiger partial charge on any atom is -0.293 e. The van der Waals surface area contributed by atoms with Gasteiger partial charge in [-0.15, -0.1) is 0 Å². The highest BCUT2D eigenvalue weighted by Gasteiger charge is 2.05. The summed E-state index contributed by atoms with van der Waals surface area (Å²) in [5.74, 6) is 0. The van der Waals surface area contributed by atoms with Crippen LogP contribution in [0.15, 0.2) is 28.2 Å². The number of aromatic amines is 1. The predicted octanol–water partition coefficient (Wildman–Crippen LogP) is -0.445. The van der Waals surface area contributed by atoms with Crippen molar-refractivity contribution in [2.24, 2.45) is 0 Å². The first kappa shape index (κ1) is 11.7. The topological polar surface area (TPSA) is 104 Å². The predicted molar refractivity (Wildman–Crippen MR) is 61.9 cm³/mol. The molecule has 0 aliphatic heterocycles. The Kier molecular flexibility index (Phi) is 3.02. The molecule has 0 saturated carbocycles. The molecule has 0 aromatic carbocycles. The molecule has 7 heteroatoms. The van der Waals surface area contributed by atoms with Gasteiger partial charge < -0.3 is 0 Å². The maximum Gasteiger partial charge on any atom is 0.328 e. The SMILES string of the molecule is Cc1cnc(Cn2cc(C#N)c(=O)[nH]c2=O)cn1. The van der Waals surface area contributed by atoms with Gasteiger partial charge in [0, 0.05) is 12.4 Å². The lowest BCUT2D eigenvalue weighted by atomic mass is 10.3. The van der Waals surface area contributed by atoms with E-state index in [1.165, 1.54) is 10.8 Å². The first-order valence-electron chi connectivity index (χ1n) is 5.11. The van der Waals surface area contributed by atoms with E-state index >= 15 is 0 Å². The average Bonchev–Trinajstić information content (AvgIpc) is 2.35. The van der Waals surface area contributed by atoms with E-state index in [1.54, 1.807) is 25.4 Å². The highest BCUT2D eigenvalue weighted by molar-refractivity contribution is 5.22. The third kappa shape index (κ3) is 2.32. The Morgan fingerprint density at radius 2 is 2.17 bits per heavy atom. The average molecular weight is 243 g/mol. The normalized spacial score (nSPS) is 10.0. The molecule has 0 unspecified atom stereocenters. The van der Waals surface area contributed by atoms with E-state index in [0.29, 0.717) is 5.69 Å². The van der Waals surface area contributed by atoms with Gasteiger partial charge in [-0.2, -0.15) is 5.26 Å². The van der Waals surface area contributed by atoms with Crippen LogP contribution in [0.2, 0.25) is 0 Å². The van der Waals surface area contributed by atoms with E-state index in [4.69, 9.17) is 5.26 Å². The Labute approximate surface area is 101 Å². The molecule has 90 valence electrons. The number of hydrogen-bond acceptors (Lipinski definition) is 5. The number of nitrogens with one attached hydrogen (secondary N) is 1. The van der Waals surface area contributed by atoms with Gasteiger partial charge in [-0.25, -0.2) is 4.79 Å². The highest BCUT2D eigenvalue weighted by Crippen LogP contribution is 1.96. The molecule has 1 N–H and O–H groups in total. The fourth-order valence-electron chi connectivity index (χ4n) is 1.38. The van der Waals surface area contributed by atoms with Crippen LogP contribution < -0.4 is 11.2 Å². The number of H-pyrrole nitrogens is 1. The maximum atomic E-state index is 11.5. The summed E-state index contributed by atoms with van der Waals surface area (Å²) in [5, 5.41) is 8.72. The van der Waals surface area contributed by atoms with Crippen LogP contribution in [0.4, 0.5) is 0 Å². The van der Waals surface area contributed by atoms with Crippen LogP contribution in [0.5, 0.6) is 0 Å². The van der Waals surface area contributed by atoms with E-state index < -0.39 is 11.2 Å². The van der Waals surface area contributed by atoms with Crippen molar-refractivity contribution in [3.05, 3.63) is 56.4 Å². The van der Waals surface area contributed by atoms with Crippen molar-refractivity contribution in [2.45, 2.75) is 13.5 Å². The summed E-state index contributed by atoms with van der Waals surface area (Å²) in [7, 11) is 0. The third-order valence-corrected chi connectivity index (χ3v) is 2.30. The summed E-state index contributed by atoms with van der Waals surface area (Å²) >= 11 is 0. The Hall–Kier alpha value is -2.75. The zero-order chi connectivity index (χ0) is 13.1. The molecule has 0 aliphatic rings. The molecule has 0 aliphatic carbocycles. The second-order valence-corrected chi connectivity index (χ2v) is 3.69. The lowest BCUT2D eigenvalue weighted by molar-refractivity contribution is 0.698. The van der Waals surface area contributed by atoms with Gasteiger partial charge in [-0.05, 0) is 6.92 Å². The van der Waals surface area contributed by atoms with E-state index in [2.05, 4.69) is 15.0 Å². The van der Waals surface area contributed by atoms with Gasteiger partial charge in [0.1, 0.15) is 11.6 Å². The van der Waals surface area contributed by atoms with Crippen molar-refractivity contribution < 1.29 is 0 Å². The second kappa shape index (κ2) is 4.63. The maximum absolute atomic E-state index is 11.5. The number of nitriles is 1. The van der Waals surface area contributed by atoms with Gasteiger partial charge in [0.15, 0.2) is 0 Å². The Morgan fingerprint density at radius 1 is 1.39 bits per heavy atom. The number of rotatable bonds is 2. The molecule has 0 amide bonds. The monoisotopic (exact) mass is 243 g/mol. The molecule has 0 atom stereocenters. The molecule has 7 nitrogen and oxygen atoms in total. The summed E-state index contributed by atoms with van der Waals surface area (Å²) in [4.78, 5) is 32.9. The molecule has 0 bridgehead atoms. The van der Waals surface area contributed by atoms with Gasteiger partial charge in [-0.3, -0.25) is 24.3 Å². The van der Waals surface area contributed by atoms with Crippen LogP contribution in [0.1, 0.15) is 17.0 Å². The Balaban J connectivity index is 2.41. The molecular formula is C11H9N5O2. The van der Waals surface area contributed by atoms with Crippen LogP contribution in [0.3, 0.4) is 0 Å². The van der Waals surface area contributed by atoms with Gasteiger partial charge in [0.2, 0.25) is 0 Å². The van der Waals surface area contributed by atoms with Crippen molar-refractivity contribution in [3.63, 3.8) is 0 Å². The summed E-state index contributed by atoms with van der Waals surface area (Å²) in [5.41, 5.74) is -0.0475. The second-order valence-electron chi connectivity index (χ2n) is 3.69. The summed E-state index contributed by atoms with van der Waals surface area (Å²) in [6.07, 6.45) is 4.33. The lowest BCUT2D eigenvalue weighted by Crippen LogP contribution is -2.31. The quantitative estimate of drug-likeness (QED) is 0.769. The third-order valence-electron chi connectivity index (χ3n) is 2.30. The first-order chi connectivity index (χ1) is 8.60. The molecule has 2 rings (SSSR count). The zero-order valence-electron chi connectivity index (χ0n) is 9.54. The van der Waals surface area contributed by atoms with E-state index in [0.717, 1.165) is 5.69 Å². The fourth-order valence-corrected chi connectivity index (χ4v) is 1.38. The number of nitrogens with zero attached hydrogens (tertiary/aromatic N) is 4. The van der Waals surface area contributed by atoms with Crippen molar-refractivity contribution in [3.8, 4) is 6.07 Å². The number of aryl methyl sites for hydroxylation is 1. The van der Waals surface area contributed by atoms with Crippen molar-refractivity contribution in [1.82, 2.24) is 19.5 Å². The molecular weight excluding hydrogens is 234 g/mol. The first-order valence-corrected chi connectivity index (χ1v) is 5.11. The van der Waals surface area contributed by atoms with Crippen molar-refractivity contribution in [2.75, 3.05) is 0 Å². The van der Waals surface area contributed by atoms with Crippen molar-refractivity contribution in [1.29, 1.82) is 5.26 Å². The van der Waals surface area contributed by atoms with Gasteiger partial charge in [0.05, 0.1) is 24.1 Å². The van der Waals surface area contributed by atoms with Crippen molar-refractivity contribution >= 4 is 0 Å². The Morgan fingerprint density at radius 3 is 2.78 bits per heavy atom. The minimum absolute atomic E-state index is 0.116. The van der Waals surface area contributed by atoms with Crippen LogP contribution >= 0.6 is 0 Å². The number of aromatic nitrogens is 4. The molecule has 2 heterocycles. The summed E-state index contributed by atoms with van der Waals surface area (Å²) < 4.78 is 1.21. The number of hydrogen-bond donors (Lipinski definition) is 1. The lowest BCUT2D eigenvalue weighted by Gasteiger charge is -2.04. The van der Waals surface area contributed by atoms with Gasteiger partial charge in [-0.1, -0.05) is 0 Å². The van der Waals surface area contributed by atoms with E-state index in [1.807, 2.05) is 0 Å². The van der Waals surface area contributed by atoms with Gasteiger partial charge >= 0.3 is 5.69 Å². The smallest absolute Gasteiger partial charge is 0.293 e. The molecule has 0 spiro atoms. The molecule has 0 radical (unpaired) electrons. The molecule has 0 saturated heterocycles. The van der Waals surface area contributed by atoms with E-state index in [-0.39, 0.29) is 12.1 Å². The fraction of sp³-hybridized carbons (Fsp3) is 0.182. The van der Waals surface area contributed by atoms with Crippen LogP contribution in [0, 0.1) is 18.3 Å². The molecule has 2 aromatic heterocycles. The summed E-state index contributed by atoms with van der Waals surface area (Å²) in [6, 6.07) is 1.72. The zero-order valence-corrected chi connectivity index (χ0v) is 9.54. The molecule has 2 aromatic rings. The standard InChI is InChI=1S/C11H9N5O2/c1-7-3-14-9(4-13-7)6-16-5-8(2-12)10(17)15-11(16)18/h3-5H,6H2,1H3,(H,15,17,18). The molecule has 18 heavy (non-hydrogen) atoms. The van der Waals surface area contributed by atoms with Gasteiger partial charge in [0.25, 0.3) is 5.56 Å². The molecule has 0 fully saturated rings. The summed E-state index contributed by atoms with van der Waals surface area (Å²) in [6.45, 7) is 1.95. The van der Waals surface area contributed by atoms with E-state index in [9.17, 15) is 9.59 Å². The van der Waals surface area contributed by atoms with Crippen LogP contribution in [-0.2, 0) is 6.54 Å². The Bertz CT molecular complexity index is 721. The van der Waals surface area contributed by atoms with Crippen LogP contribution in [-0.4, -0.2) is 19.5 Å². The highest BCUT2D eigenvalue weighted by atomic mass is 16.2. The largest absolute Gasteiger partial charge is 0.328 e. The van der Waals surface area contributed by atoms with Crippen LogP contribution in [0.25, 0.3) is 0 Å².